The highest BCUT2D eigenvalue weighted by atomic mass is 35.5. The molecule has 0 atom stereocenters. The molecular formula is C29H43ClN4O4. The summed E-state index contributed by atoms with van der Waals surface area (Å²) in [6, 6.07) is 6.09. The van der Waals surface area contributed by atoms with Gasteiger partial charge in [0.25, 0.3) is 11.5 Å². The third-order valence-corrected chi connectivity index (χ3v) is 6.80. The van der Waals surface area contributed by atoms with E-state index in [0.717, 1.165) is 29.1 Å². The molecule has 8 nitrogen and oxygen atoms in total. The number of hydrogen-bond acceptors (Lipinski definition) is 5. The summed E-state index contributed by atoms with van der Waals surface area (Å²) in [7, 11) is 0. The lowest BCUT2D eigenvalue weighted by molar-refractivity contribution is 0.0599. The van der Waals surface area contributed by atoms with Crippen LogP contribution in [0, 0.1) is 20.8 Å². The van der Waals surface area contributed by atoms with E-state index in [4.69, 9.17) is 17.3 Å². The van der Waals surface area contributed by atoms with E-state index in [9.17, 15) is 14.4 Å². The Kier molecular flexibility index (Phi) is 11.2. The van der Waals surface area contributed by atoms with E-state index in [1.54, 1.807) is 26.8 Å². The fourth-order valence-corrected chi connectivity index (χ4v) is 5.10. The first-order valence-electron chi connectivity index (χ1n) is 13.3. The molecule has 0 saturated heterocycles. The van der Waals surface area contributed by atoms with Crippen LogP contribution in [0.3, 0.4) is 0 Å². The zero-order chi connectivity index (χ0) is 28.6. The van der Waals surface area contributed by atoms with Gasteiger partial charge in [0.05, 0.1) is 0 Å². The number of amides is 2. The first-order chi connectivity index (χ1) is 17.7. The van der Waals surface area contributed by atoms with E-state index >= 15 is 0 Å². The molecule has 1 saturated carbocycles. The van der Waals surface area contributed by atoms with E-state index in [1.165, 1.54) is 32.1 Å². The second-order valence-corrected chi connectivity index (χ2v) is 11.3. The van der Waals surface area contributed by atoms with E-state index in [0.29, 0.717) is 22.2 Å². The SMILES string of the molecule is CC(C)(C)OC(N)=O.CCN(c1cc(Cl)cc(C(=O)NCc2c(C)cc(C)[nH]c2=O)c1C)C1CCCCC1. The van der Waals surface area contributed by atoms with Gasteiger partial charge in [-0.15, -0.1) is 0 Å². The summed E-state index contributed by atoms with van der Waals surface area (Å²) in [5.74, 6) is -0.213. The van der Waals surface area contributed by atoms with Crippen molar-refractivity contribution in [2.45, 2.75) is 98.8 Å². The number of nitrogens with zero attached hydrogens (tertiary/aromatic N) is 1. The van der Waals surface area contributed by atoms with E-state index in [2.05, 4.69) is 26.9 Å². The van der Waals surface area contributed by atoms with Gasteiger partial charge >= 0.3 is 6.09 Å². The number of aryl methyl sites for hydroxylation is 2. The average Bonchev–Trinajstić information content (AvgIpc) is 2.80. The smallest absolute Gasteiger partial charge is 0.405 e. The molecule has 0 spiro atoms. The van der Waals surface area contributed by atoms with Gasteiger partial charge in [-0.05, 0) is 90.6 Å². The van der Waals surface area contributed by atoms with Crippen molar-refractivity contribution in [3.8, 4) is 0 Å². The molecule has 9 heteroatoms. The quantitative estimate of drug-likeness (QED) is 0.415. The van der Waals surface area contributed by atoms with Crippen LogP contribution in [0.25, 0.3) is 0 Å². The van der Waals surface area contributed by atoms with Crippen molar-refractivity contribution in [1.82, 2.24) is 10.3 Å². The number of rotatable bonds is 6. The summed E-state index contributed by atoms with van der Waals surface area (Å²) in [5.41, 5.74) is 8.89. The summed E-state index contributed by atoms with van der Waals surface area (Å²) in [6.07, 6.45) is 5.43. The fourth-order valence-electron chi connectivity index (χ4n) is 4.88. The predicted octanol–water partition coefficient (Wildman–Crippen LogP) is 5.92. The molecule has 2 aromatic rings. The zero-order valence-corrected chi connectivity index (χ0v) is 24.6. The lowest BCUT2D eigenvalue weighted by Crippen LogP contribution is -2.37. The summed E-state index contributed by atoms with van der Waals surface area (Å²) in [6.45, 7) is 14.2. The molecule has 0 radical (unpaired) electrons. The number of ether oxygens (including phenoxy) is 1. The number of pyridine rings is 1. The predicted molar refractivity (Wildman–Crippen MR) is 154 cm³/mol. The molecule has 2 amide bonds. The van der Waals surface area contributed by atoms with Gasteiger partial charge in [0, 0.05) is 46.7 Å². The Morgan fingerprint density at radius 2 is 1.76 bits per heavy atom. The van der Waals surface area contributed by atoms with Crippen LogP contribution in [-0.4, -0.2) is 35.2 Å². The minimum Gasteiger partial charge on any atom is -0.444 e. The molecule has 4 N–H and O–H groups in total. The minimum absolute atomic E-state index is 0.161. The van der Waals surface area contributed by atoms with Crippen molar-refractivity contribution in [2.75, 3.05) is 11.4 Å². The second-order valence-electron chi connectivity index (χ2n) is 10.8. The molecular weight excluding hydrogens is 504 g/mol. The molecule has 38 heavy (non-hydrogen) atoms. The Balaban J connectivity index is 0.000000550. The van der Waals surface area contributed by atoms with Crippen molar-refractivity contribution in [2.24, 2.45) is 5.73 Å². The lowest BCUT2D eigenvalue weighted by Gasteiger charge is -2.36. The van der Waals surface area contributed by atoms with Crippen molar-refractivity contribution in [3.63, 3.8) is 0 Å². The number of anilines is 1. The third kappa shape index (κ3) is 9.08. The molecule has 0 aliphatic heterocycles. The van der Waals surface area contributed by atoms with Crippen LogP contribution < -0.4 is 21.5 Å². The standard InChI is InChI=1S/C24H32ClN3O2.C5H11NO2/c1-5-28(19-9-7-6-8-10-19)22-13-18(25)12-20(17(22)4)23(29)26-14-21-15(2)11-16(3)27-24(21)30;1-5(2,3)8-4(6)7/h11-13,19H,5-10,14H2,1-4H3,(H,26,29)(H,27,30);1-3H3,(H2,6,7). The number of primary amides is 1. The van der Waals surface area contributed by atoms with Crippen LogP contribution in [0.4, 0.5) is 10.5 Å². The van der Waals surface area contributed by atoms with Gasteiger partial charge < -0.3 is 25.7 Å². The molecule has 1 aliphatic carbocycles. The first kappa shape index (κ1) is 31.2. The first-order valence-corrected chi connectivity index (χ1v) is 13.6. The Hall–Kier alpha value is -3.00. The number of aromatic amines is 1. The summed E-state index contributed by atoms with van der Waals surface area (Å²) >= 11 is 6.43. The Morgan fingerprint density at radius 1 is 1.13 bits per heavy atom. The molecule has 0 bridgehead atoms. The third-order valence-electron chi connectivity index (χ3n) is 6.58. The number of halogens is 1. The van der Waals surface area contributed by atoms with E-state index < -0.39 is 11.7 Å². The normalized spacial score (nSPS) is 13.8. The van der Waals surface area contributed by atoms with Gasteiger partial charge in [0.15, 0.2) is 0 Å². The maximum absolute atomic E-state index is 13.0. The van der Waals surface area contributed by atoms with Gasteiger partial charge in [-0.3, -0.25) is 9.59 Å². The highest BCUT2D eigenvalue weighted by molar-refractivity contribution is 6.31. The minimum atomic E-state index is -0.725. The second kappa shape index (κ2) is 13.7. The van der Waals surface area contributed by atoms with E-state index in [1.807, 2.05) is 32.9 Å². The topological polar surface area (TPSA) is 118 Å². The Bertz CT molecular complexity index is 1180. The monoisotopic (exact) mass is 546 g/mol. The number of benzene rings is 1. The zero-order valence-electron chi connectivity index (χ0n) is 23.8. The number of nitrogens with two attached hydrogens (primary N) is 1. The van der Waals surface area contributed by atoms with Crippen LogP contribution >= 0.6 is 11.6 Å². The summed E-state index contributed by atoms with van der Waals surface area (Å²) < 4.78 is 4.58. The Morgan fingerprint density at radius 3 is 2.26 bits per heavy atom. The molecule has 0 unspecified atom stereocenters. The Labute approximate surface area is 231 Å². The van der Waals surface area contributed by atoms with Crippen LogP contribution in [0.15, 0.2) is 23.0 Å². The number of carbonyl (C=O) groups is 2. The van der Waals surface area contributed by atoms with Crippen molar-refractivity contribution in [3.05, 3.63) is 61.5 Å². The molecule has 1 aromatic carbocycles. The summed E-state index contributed by atoms with van der Waals surface area (Å²) in [4.78, 5) is 40.5. The number of hydrogen-bond donors (Lipinski definition) is 3. The largest absolute Gasteiger partial charge is 0.444 e. The molecule has 1 heterocycles. The molecule has 1 fully saturated rings. The fraction of sp³-hybridized carbons (Fsp3) is 0.552. The highest BCUT2D eigenvalue weighted by Crippen LogP contribution is 2.33. The number of nitrogens with one attached hydrogen (secondary N) is 2. The molecule has 210 valence electrons. The number of carbonyl (C=O) groups excluding carboxylic acids is 2. The maximum atomic E-state index is 13.0. The average molecular weight is 547 g/mol. The van der Waals surface area contributed by atoms with Crippen molar-refractivity contribution in [1.29, 1.82) is 0 Å². The van der Waals surface area contributed by atoms with Gasteiger partial charge in [-0.2, -0.15) is 0 Å². The maximum Gasteiger partial charge on any atom is 0.405 e. The highest BCUT2D eigenvalue weighted by Gasteiger charge is 2.24. The summed E-state index contributed by atoms with van der Waals surface area (Å²) in [5, 5.41) is 3.47. The molecule has 3 rings (SSSR count). The van der Waals surface area contributed by atoms with Crippen molar-refractivity contribution < 1.29 is 14.3 Å². The molecule has 1 aliphatic rings. The van der Waals surface area contributed by atoms with Crippen LogP contribution in [-0.2, 0) is 11.3 Å². The number of aromatic nitrogens is 1. The van der Waals surface area contributed by atoms with Gasteiger partial charge in [-0.25, -0.2) is 4.79 Å². The van der Waals surface area contributed by atoms with Crippen LogP contribution in [0.5, 0.6) is 0 Å². The van der Waals surface area contributed by atoms with Crippen molar-refractivity contribution >= 4 is 29.3 Å². The van der Waals surface area contributed by atoms with E-state index in [-0.39, 0.29) is 18.0 Å². The van der Waals surface area contributed by atoms with Crippen LogP contribution in [0.1, 0.15) is 92.5 Å². The van der Waals surface area contributed by atoms with Gasteiger partial charge in [0.2, 0.25) is 0 Å². The van der Waals surface area contributed by atoms with Gasteiger partial charge in [0.1, 0.15) is 5.60 Å². The number of H-pyrrole nitrogens is 1. The van der Waals surface area contributed by atoms with Gasteiger partial charge in [-0.1, -0.05) is 30.9 Å². The lowest BCUT2D eigenvalue weighted by atomic mass is 9.93. The molecule has 1 aromatic heterocycles. The van der Waals surface area contributed by atoms with Crippen LogP contribution in [0.2, 0.25) is 5.02 Å².